The van der Waals surface area contributed by atoms with Gasteiger partial charge in [-0.2, -0.15) is 5.10 Å². The molecule has 122 valence electrons. The molecule has 0 unspecified atom stereocenters. The maximum absolute atomic E-state index is 12.4. The highest BCUT2D eigenvalue weighted by Crippen LogP contribution is 2.22. The van der Waals surface area contributed by atoms with Crippen LogP contribution in [0.15, 0.2) is 59.4 Å². The van der Waals surface area contributed by atoms with Crippen molar-refractivity contribution in [2.24, 2.45) is 0 Å². The molecule has 0 fully saturated rings. The maximum Gasteiger partial charge on any atom is 0.270 e. The largest absolute Gasteiger partial charge is 0.497 e. The molecular formula is C19H17ClN2O2. The Morgan fingerprint density at radius 1 is 1.12 bits per heavy atom. The van der Waals surface area contributed by atoms with Gasteiger partial charge >= 0.3 is 0 Å². The molecule has 0 spiro atoms. The number of hydrogen-bond acceptors (Lipinski definition) is 3. The summed E-state index contributed by atoms with van der Waals surface area (Å²) in [7, 11) is 1.62. The number of aromatic nitrogens is 2. The Morgan fingerprint density at radius 3 is 2.58 bits per heavy atom. The molecule has 0 saturated heterocycles. The lowest BCUT2D eigenvalue weighted by Gasteiger charge is -2.10. The summed E-state index contributed by atoms with van der Waals surface area (Å²) in [6, 6.07) is 16.8. The molecule has 0 radical (unpaired) electrons. The van der Waals surface area contributed by atoms with Gasteiger partial charge in [0.1, 0.15) is 5.75 Å². The van der Waals surface area contributed by atoms with Crippen molar-refractivity contribution in [2.75, 3.05) is 7.11 Å². The van der Waals surface area contributed by atoms with E-state index in [0.717, 1.165) is 22.6 Å². The first-order valence-corrected chi connectivity index (χ1v) is 7.92. The molecule has 0 aliphatic rings. The second kappa shape index (κ2) is 6.89. The first-order chi connectivity index (χ1) is 11.6. The van der Waals surface area contributed by atoms with Crippen molar-refractivity contribution in [1.29, 1.82) is 0 Å². The third kappa shape index (κ3) is 3.49. The summed E-state index contributed by atoms with van der Waals surface area (Å²) in [4.78, 5) is 12.4. The second-order valence-electron chi connectivity index (χ2n) is 5.53. The molecule has 3 aromatic rings. The van der Waals surface area contributed by atoms with Gasteiger partial charge in [-0.1, -0.05) is 35.9 Å². The molecule has 0 N–H and O–H groups in total. The molecule has 3 rings (SSSR count). The van der Waals surface area contributed by atoms with Crippen molar-refractivity contribution in [1.82, 2.24) is 9.78 Å². The standard InChI is InChI=1S/C19H17ClN2O2/c1-13-10-18(15-4-3-5-17(11-15)24-2)21-22(19(13)23)12-14-6-8-16(20)9-7-14/h3-11H,12H2,1-2H3. The van der Waals surface area contributed by atoms with E-state index in [9.17, 15) is 4.79 Å². The normalized spacial score (nSPS) is 10.6. The first kappa shape index (κ1) is 16.3. The lowest BCUT2D eigenvalue weighted by Crippen LogP contribution is -2.25. The molecule has 2 aromatic carbocycles. The molecule has 1 aromatic heterocycles. The van der Waals surface area contributed by atoms with Crippen molar-refractivity contribution in [3.8, 4) is 17.0 Å². The van der Waals surface area contributed by atoms with Crippen LogP contribution in [0.1, 0.15) is 11.1 Å². The van der Waals surface area contributed by atoms with Crippen LogP contribution in [0.5, 0.6) is 5.75 Å². The SMILES string of the molecule is COc1cccc(-c2cc(C)c(=O)n(Cc3ccc(Cl)cc3)n2)c1. The van der Waals surface area contributed by atoms with E-state index in [1.807, 2.05) is 36.4 Å². The zero-order chi connectivity index (χ0) is 17.1. The predicted octanol–water partition coefficient (Wildman–Crippen LogP) is 3.93. The highest BCUT2D eigenvalue weighted by Gasteiger charge is 2.09. The van der Waals surface area contributed by atoms with Crippen LogP contribution in [0.4, 0.5) is 0 Å². The van der Waals surface area contributed by atoms with Gasteiger partial charge in [0.25, 0.3) is 5.56 Å². The van der Waals surface area contributed by atoms with E-state index in [1.54, 1.807) is 32.2 Å². The molecular weight excluding hydrogens is 324 g/mol. The van der Waals surface area contributed by atoms with Gasteiger partial charge in [-0.3, -0.25) is 4.79 Å². The number of nitrogens with zero attached hydrogens (tertiary/aromatic N) is 2. The average Bonchev–Trinajstić information content (AvgIpc) is 2.60. The number of halogens is 1. The summed E-state index contributed by atoms with van der Waals surface area (Å²) in [6.07, 6.45) is 0. The van der Waals surface area contributed by atoms with Gasteiger partial charge in [-0.05, 0) is 42.8 Å². The summed E-state index contributed by atoms with van der Waals surface area (Å²) in [5, 5.41) is 5.18. The summed E-state index contributed by atoms with van der Waals surface area (Å²) in [6.45, 7) is 2.20. The molecule has 0 amide bonds. The first-order valence-electron chi connectivity index (χ1n) is 7.54. The number of benzene rings is 2. The van der Waals surface area contributed by atoms with Crippen molar-refractivity contribution in [3.05, 3.63) is 81.1 Å². The van der Waals surface area contributed by atoms with Crippen LogP contribution in [0.2, 0.25) is 5.02 Å². The van der Waals surface area contributed by atoms with Crippen LogP contribution in [-0.4, -0.2) is 16.9 Å². The number of rotatable bonds is 4. The molecule has 1 heterocycles. The van der Waals surface area contributed by atoms with Gasteiger partial charge in [0, 0.05) is 16.1 Å². The Kier molecular flexibility index (Phi) is 4.67. The van der Waals surface area contributed by atoms with E-state index in [2.05, 4.69) is 5.10 Å². The zero-order valence-electron chi connectivity index (χ0n) is 13.5. The number of ether oxygens (including phenoxy) is 1. The van der Waals surface area contributed by atoms with Crippen LogP contribution < -0.4 is 10.3 Å². The third-order valence-corrected chi connectivity index (χ3v) is 4.02. The monoisotopic (exact) mass is 340 g/mol. The Hall–Kier alpha value is -2.59. The topological polar surface area (TPSA) is 44.1 Å². The van der Waals surface area contributed by atoms with Crippen molar-refractivity contribution < 1.29 is 4.74 Å². The van der Waals surface area contributed by atoms with Gasteiger partial charge in [0.05, 0.1) is 19.3 Å². The van der Waals surface area contributed by atoms with Crippen LogP contribution >= 0.6 is 11.6 Å². The van der Waals surface area contributed by atoms with E-state index in [4.69, 9.17) is 16.3 Å². The molecule has 0 atom stereocenters. The second-order valence-corrected chi connectivity index (χ2v) is 5.97. The predicted molar refractivity (Wildman–Crippen MR) is 95.8 cm³/mol. The van der Waals surface area contributed by atoms with E-state index in [0.29, 0.717) is 17.1 Å². The van der Waals surface area contributed by atoms with Gasteiger partial charge in [0.2, 0.25) is 0 Å². The fourth-order valence-electron chi connectivity index (χ4n) is 2.47. The molecule has 0 aliphatic heterocycles. The lowest BCUT2D eigenvalue weighted by molar-refractivity contribution is 0.415. The molecule has 4 nitrogen and oxygen atoms in total. The minimum absolute atomic E-state index is 0.100. The van der Waals surface area contributed by atoms with E-state index in [-0.39, 0.29) is 5.56 Å². The minimum Gasteiger partial charge on any atom is -0.497 e. The van der Waals surface area contributed by atoms with Crippen LogP contribution in [0, 0.1) is 6.92 Å². The minimum atomic E-state index is -0.100. The molecule has 0 aliphatic carbocycles. The van der Waals surface area contributed by atoms with Crippen LogP contribution in [0.3, 0.4) is 0 Å². The quantitative estimate of drug-likeness (QED) is 0.722. The van der Waals surface area contributed by atoms with E-state index < -0.39 is 0 Å². The zero-order valence-corrected chi connectivity index (χ0v) is 14.2. The van der Waals surface area contributed by atoms with Crippen molar-refractivity contribution in [3.63, 3.8) is 0 Å². The highest BCUT2D eigenvalue weighted by molar-refractivity contribution is 6.30. The van der Waals surface area contributed by atoms with Gasteiger partial charge in [-0.25, -0.2) is 4.68 Å². The van der Waals surface area contributed by atoms with Gasteiger partial charge in [-0.15, -0.1) is 0 Å². The highest BCUT2D eigenvalue weighted by atomic mass is 35.5. The summed E-state index contributed by atoms with van der Waals surface area (Å²) < 4.78 is 6.74. The Morgan fingerprint density at radius 2 is 1.88 bits per heavy atom. The maximum atomic E-state index is 12.4. The molecule has 24 heavy (non-hydrogen) atoms. The van der Waals surface area contributed by atoms with Gasteiger partial charge in [0.15, 0.2) is 0 Å². The van der Waals surface area contributed by atoms with E-state index in [1.165, 1.54) is 4.68 Å². The summed E-state index contributed by atoms with van der Waals surface area (Å²) in [5.41, 5.74) is 3.16. The van der Waals surface area contributed by atoms with Crippen LogP contribution in [-0.2, 0) is 6.54 Å². The van der Waals surface area contributed by atoms with Gasteiger partial charge < -0.3 is 4.74 Å². The Labute approximate surface area is 145 Å². The fourth-order valence-corrected chi connectivity index (χ4v) is 2.59. The number of aryl methyl sites for hydroxylation is 1. The lowest BCUT2D eigenvalue weighted by atomic mass is 10.1. The Balaban J connectivity index is 2.02. The molecule has 5 heteroatoms. The van der Waals surface area contributed by atoms with Crippen molar-refractivity contribution in [2.45, 2.75) is 13.5 Å². The summed E-state index contributed by atoms with van der Waals surface area (Å²) >= 11 is 5.91. The third-order valence-electron chi connectivity index (χ3n) is 3.76. The number of methoxy groups -OCH3 is 1. The molecule has 0 bridgehead atoms. The smallest absolute Gasteiger partial charge is 0.270 e. The van der Waals surface area contributed by atoms with Crippen molar-refractivity contribution >= 4 is 11.6 Å². The molecule has 0 saturated carbocycles. The van der Waals surface area contributed by atoms with Crippen LogP contribution in [0.25, 0.3) is 11.3 Å². The average molecular weight is 341 g/mol. The summed E-state index contributed by atoms with van der Waals surface area (Å²) in [5.74, 6) is 0.752. The Bertz CT molecular complexity index is 917. The van der Waals surface area contributed by atoms with E-state index >= 15 is 0 Å². The fraction of sp³-hybridized carbons (Fsp3) is 0.158. The number of hydrogen-bond donors (Lipinski definition) is 0.